The Bertz CT molecular complexity index is 1190. The number of amides is 1. The van der Waals surface area contributed by atoms with Crippen LogP contribution in [0.1, 0.15) is 19.1 Å². The summed E-state index contributed by atoms with van der Waals surface area (Å²) in [6.45, 7) is 2.88. The molecule has 2 aromatic heterocycles. The van der Waals surface area contributed by atoms with Gasteiger partial charge in [-0.15, -0.1) is 10.2 Å². The molecule has 0 aliphatic carbocycles. The number of rotatable bonds is 9. The second-order valence-electron chi connectivity index (χ2n) is 7.73. The van der Waals surface area contributed by atoms with Crippen molar-refractivity contribution in [1.29, 1.82) is 0 Å². The fourth-order valence-electron chi connectivity index (χ4n) is 3.86. The number of aromatic nitrogens is 3. The molecule has 1 fully saturated rings. The highest BCUT2D eigenvalue weighted by atomic mass is 32.2. The molecule has 1 aliphatic rings. The lowest BCUT2D eigenvalue weighted by Gasteiger charge is -2.27. The molecule has 0 N–H and O–H groups in total. The quantitative estimate of drug-likeness (QED) is 0.422. The van der Waals surface area contributed by atoms with E-state index in [2.05, 4.69) is 10.2 Å². The monoisotopic (exact) mass is 490 g/mol. The number of nitrogens with zero attached hydrogens (tertiary/aromatic N) is 4. The van der Waals surface area contributed by atoms with E-state index in [0.717, 1.165) is 11.3 Å². The van der Waals surface area contributed by atoms with Crippen molar-refractivity contribution >= 4 is 27.5 Å². The van der Waals surface area contributed by atoms with Crippen molar-refractivity contribution in [3.63, 3.8) is 0 Å². The number of sulfone groups is 1. The molecule has 1 aromatic carbocycles. The second-order valence-corrected chi connectivity index (χ2v) is 10.9. The topological polar surface area (TPSA) is 108 Å². The first kappa shape index (κ1) is 23.4. The van der Waals surface area contributed by atoms with Gasteiger partial charge in [-0.05, 0) is 49.7 Å². The predicted molar refractivity (Wildman–Crippen MR) is 125 cm³/mol. The highest BCUT2D eigenvalue weighted by Crippen LogP contribution is 2.27. The molecule has 1 atom stereocenters. The third-order valence-electron chi connectivity index (χ3n) is 5.58. The lowest BCUT2D eigenvalue weighted by atomic mass is 10.2. The van der Waals surface area contributed by atoms with Crippen LogP contribution in [0.15, 0.2) is 52.2 Å². The Balaban J connectivity index is 1.49. The van der Waals surface area contributed by atoms with Crippen molar-refractivity contribution in [1.82, 2.24) is 19.7 Å². The van der Waals surface area contributed by atoms with Crippen LogP contribution in [0, 0.1) is 0 Å². The summed E-state index contributed by atoms with van der Waals surface area (Å²) in [6, 6.07) is 10.7. The van der Waals surface area contributed by atoms with Gasteiger partial charge in [0.15, 0.2) is 20.8 Å². The number of methoxy groups -OCH3 is 1. The minimum atomic E-state index is -3.13. The van der Waals surface area contributed by atoms with Gasteiger partial charge in [0, 0.05) is 18.2 Å². The molecular formula is C22H26N4O5S2. The van der Waals surface area contributed by atoms with Gasteiger partial charge < -0.3 is 18.6 Å². The second kappa shape index (κ2) is 10.0. The van der Waals surface area contributed by atoms with E-state index < -0.39 is 9.84 Å². The lowest BCUT2D eigenvalue weighted by molar-refractivity contribution is -0.131. The zero-order valence-corrected chi connectivity index (χ0v) is 20.1. The van der Waals surface area contributed by atoms with Crippen LogP contribution in [0.2, 0.25) is 0 Å². The first-order valence-corrected chi connectivity index (χ1v) is 13.4. The van der Waals surface area contributed by atoms with Crippen LogP contribution in [0.4, 0.5) is 0 Å². The van der Waals surface area contributed by atoms with Gasteiger partial charge in [-0.1, -0.05) is 11.8 Å². The average Bonchev–Trinajstić information content (AvgIpc) is 3.55. The Morgan fingerprint density at radius 2 is 2.06 bits per heavy atom. The number of carbonyl (C=O) groups is 1. The number of ether oxygens (including phenoxy) is 1. The van der Waals surface area contributed by atoms with Crippen molar-refractivity contribution in [2.45, 2.75) is 37.6 Å². The normalized spacial score (nSPS) is 17.2. The average molecular weight is 491 g/mol. The van der Waals surface area contributed by atoms with Crippen LogP contribution in [0.3, 0.4) is 0 Å². The van der Waals surface area contributed by atoms with Gasteiger partial charge in [0.25, 0.3) is 0 Å². The fraction of sp³-hybridized carbons (Fsp3) is 0.409. The molecule has 3 aromatic rings. The van der Waals surface area contributed by atoms with Crippen molar-refractivity contribution in [2.24, 2.45) is 0 Å². The number of carbonyl (C=O) groups excluding carboxylic acids is 1. The number of hydrogen-bond donors (Lipinski definition) is 0. The Kier molecular flexibility index (Phi) is 7.08. The highest BCUT2D eigenvalue weighted by molar-refractivity contribution is 7.99. The zero-order chi connectivity index (χ0) is 23.4. The van der Waals surface area contributed by atoms with Gasteiger partial charge in [-0.25, -0.2) is 8.42 Å². The SMILES string of the molecule is CCn1c(SCC(=O)N(Cc2ccco2)[C@H]2CCS(=O)(=O)C2)nnc1-c1ccc(OC)cc1. The molecule has 4 rings (SSSR count). The van der Waals surface area contributed by atoms with E-state index in [1.165, 1.54) is 11.8 Å². The number of furan rings is 1. The smallest absolute Gasteiger partial charge is 0.233 e. The van der Waals surface area contributed by atoms with Crippen LogP contribution in [-0.4, -0.2) is 64.4 Å². The van der Waals surface area contributed by atoms with E-state index in [4.69, 9.17) is 9.15 Å². The lowest BCUT2D eigenvalue weighted by Crippen LogP contribution is -2.41. The van der Waals surface area contributed by atoms with Gasteiger partial charge in [0.05, 0.1) is 37.2 Å². The Labute approximate surface area is 197 Å². The molecular weight excluding hydrogens is 464 g/mol. The summed E-state index contributed by atoms with van der Waals surface area (Å²) in [7, 11) is -1.51. The molecule has 0 saturated carbocycles. The molecule has 0 unspecified atom stereocenters. The van der Waals surface area contributed by atoms with E-state index in [0.29, 0.717) is 29.7 Å². The Hall–Kier alpha value is -2.79. The van der Waals surface area contributed by atoms with Crippen LogP contribution in [0.25, 0.3) is 11.4 Å². The molecule has 9 nitrogen and oxygen atoms in total. The van der Waals surface area contributed by atoms with Crippen LogP contribution in [0.5, 0.6) is 5.75 Å². The largest absolute Gasteiger partial charge is 0.497 e. The third kappa shape index (κ3) is 5.41. The minimum absolute atomic E-state index is 0.0170. The van der Waals surface area contributed by atoms with E-state index in [-0.39, 0.29) is 35.8 Å². The van der Waals surface area contributed by atoms with E-state index in [1.807, 2.05) is 35.8 Å². The summed E-state index contributed by atoms with van der Waals surface area (Å²) < 4.78 is 36.6. The molecule has 11 heteroatoms. The maximum atomic E-state index is 13.2. The van der Waals surface area contributed by atoms with Crippen LogP contribution >= 0.6 is 11.8 Å². The molecule has 1 amide bonds. The molecule has 0 radical (unpaired) electrons. The van der Waals surface area contributed by atoms with Crippen molar-refractivity contribution in [3.8, 4) is 17.1 Å². The van der Waals surface area contributed by atoms with Gasteiger partial charge in [0.1, 0.15) is 11.5 Å². The summed E-state index contributed by atoms with van der Waals surface area (Å²) in [6.07, 6.45) is 1.98. The van der Waals surface area contributed by atoms with Gasteiger partial charge >= 0.3 is 0 Å². The van der Waals surface area contributed by atoms with Crippen LogP contribution < -0.4 is 4.74 Å². The summed E-state index contributed by atoms with van der Waals surface area (Å²) >= 11 is 1.30. The predicted octanol–water partition coefficient (Wildman–Crippen LogP) is 2.87. The van der Waals surface area contributed by atoms with Crippen molar-refractivity contribution in [2.75, 3.05) is 24.4 Å². The molecule has 176 valence electrons. The van der Waals surface area contributed by atoms with E-state index in [1.54, 1.807) is 30.4 Å². The molecule has 33 heavy (non-hydrogen) atoms. The standard InChI is InChI=1S/C22H26N4O5S2/c1-3-25-21(16-6-8-18(30-2)9-7-16)23-24-22(25)32-14-20(27)26(13-19-5-4-11-31-19)17-10-12-33(28,29)15-17/h4-9,11,17H,3,10,12-15H2,1-2H3/t17-/m0/s1. The Morgan fingerprint density at radius 3 is 2.67 bits per heavy atom. The number of benzene rings is 1. The summed E-state index contributed by atoms with van der Waals surface area (Å²) in [5.74, 6) is 2.14. The van der Waals surface area contributed by atoms with Gasteiger partial charge in [-0.3, -0.25) is 4.79 Å². The van der Waals surface area contributed by atoms with Crippen molar-refractivity contribution < 1.29 is 22.4 Å². The fourth-order valence-corrected chi connectivity index (χ4v) is 6.47. The minimum Gasteiger partial charge on any atom is -0.497 e. The van der Waals surface area contributed by atoms with Crippen LogP contribution in [-0.2, 0) is 27.7 Å². The summed E-state index contributed by atoms with van der Waals surface area (Å²) in [4.78, 5) is 14.8. The van der Waals surface area contributed by atoms with Gasteiger partial charge in [0.2, 0.25) is 5.91 Å². The van der Waals surface area contributed by atoms with E-state index in [9.17, 15) is 13.2 Å². The molecule has 1 saturated heterocycles. The number of thioether (sulfide) groups is 1. The molecule has 3 heterocycles. The first-order chi connectivity index (χ1) is 15.9. The summed E-state index contributed by atoms with van der Waals surface area (Å²) in [5, 5.41) is 9.25. The maximum Gasteiger partial charge on any atom is 0.233 e. The van der Waals surface area contributed by atoms with Crippen molar-refractivity contribution in [3.05, 3.63) is 48.4 Å². The number of hydrogen-bond acceptors (Lipinski definition) is 8. The van der Waals surface area contributed by atoms with E-state index >= 15 is 0 Å². The maximum absolute atomic E-state index is 13.2. The molecule has 1 aliphatic heterocycles. The third-order valence-corrected chi connectivity index (χ3v) is 8.28. The molecule has 0 bridgehead atoms. The zero-order valence-electron chi connectivity index (χ0n) is 18.5. The summed E-state index contributed by atoms with van der Waals surface area (Å²) in [5.41, 5.74) is 0.902. The first-order valence-electron chi connectivity index (χ1n) is 10.6. The molecule has 0 spiro atoms. The highest BCUT2D eigenvalue weighted by Gasteiger charge is 2.35. The van der Waals surface area contributed by atoms with Gasteiger partial charge in [-0.2, -0.15) is 0 Å². The Morgan fingerprint density at radius 1 is 1.27 bits per heavy atom.